The summed E-state index contributed by atoms with van der Waals surface area (Å²) in [7, 11) is 0. The lowest BCUT2D eigenvalue weighted by molar-refractivity contribution is -0.146. The number of nitrogens with zero attached hydrogens (tertiary/aromatic N) is 4. The fraction of sp³-hybridized carbons (Fsp3) is 0.937. The molecule has 0 atom stereocenters. The second-order valence-corrected chi connectivity index (χ2v) is 22.0. The molecule has 0 aromatic heterocycles. The third-order valence-corrected chi connectivity index (χ3v) is 15.1. The zero-order valence-electron chi connectivity index (χ0n) is 50.9. The molecule has 2 amide bonds. The van der Waals surface area contributed by atoms with Gasteiger partial charge >= 0.3 is 24.1 Å². The van der Waals surface area contributed by atoms with Gasteiger partial charge in [-0.15, -0.1) is 0 Å². The standard InChI is InChI=1S/C63H124N4O8/c1-9-17-23-25-27-35-48-66(50-37-33-44-60(68)74-56-58(40-29-19-11-3)41-30-20-12-4)62(70)72-54-52-65(47-39-46-64(15-7)16-8)53-55-73-63(71)67(49-36-28-26-24-18-10-2)51-38-34-45-61(69)75-57-59(42-31-21-13-5)43-32-22-14-6/h58-59H,9-57H2,1-8H3. The van der Waals surface area contributed by atoms with Crippen molar-refractivity contribution in [3.8, 4) is 0 Å². The first-order valence-corrected chi connectivity index (χ1v) is 32.2. The maximum absolute atomic E-state index is 13.7. The van der Waals surface area contributed by atoms with Crippen LogP contribution in [0.25, 0.3) is 0 Å². The summed E-state index contributed by atoms with van der Waals surface area (Å²) in [5, 5.41) is 0. The van der Waals surface area contributed by atoms with Gasteiger partial charge in [0.1, 0.15) is 13.2 Å². The first kappa shape index (κ1) is 72.4. The molecule has 0 aliphatic carbocycles. The Balaban J connectivity index is 5.54. The van der Waals surface area contributed by atoms with Gasteiger partial charge in [-0.05, 0) is 109 Å². The summed E-state index contributed by atoms with van der Waals surface area (Å²) in [5.74, 6) is 0.637. The molecule has 0 saturated heterocycles. The number of rotatable bonds is 56. The van der Waals surface area contributed by atoms with Crippen LogP contribution in [0.3, 0.4) is 0 Å². The van der Waals surface area contributed by atoms with Gasteiger partial charge in [-0.3, -0.25) is 14.5 Å². The third-order valence-electron chi connectivity index (χ3n) is 15.1. The van der Waals surface area contributed by atoms with Gasteiger partial charge in [0.15, 0.2) is 0 Å². The maximum Gasteiger partial charge on any atom is 0.409 e. The number of amides is 2. The lowest BCUT2D eigenvalue weighted by Gasteiger charge is -2.27. The number of unbranched alkanes of at least 4 members (excludes halogenated alkanes) is 20. The van der Waals surface area contributed by atoms with Crippen molar-refractivity contribution >= 4 is 24.1 Å². The molecule has 0 radical (unpaired) electrons. The zero-order chi connectivity index (χ0) is 55.3. The van der Waals surface area contributed by atoms with Gasteiger partial charge in [-0.2, -0.15) is 0 Å². The van der Waals surface area contributed by atoms with Crippen LogP contribution in [0.4, 0.5) is 9.59 Å². The Morgan fingerprint density at radius 2 is 0.613 bits per heavy atom. The Bertz CT molecular complexity index is 1180. The summed E-state index contributed by atoms with van der Waals surface area (Å²) in [4.78, 5) is 61.5. The van der Waals surface area contributed by atoms with E-state index in [9.17, 15) is 19.2 Å². The van der Waals surface area contributed by atoms with Gasteiger partial charge in [-0.1, -0.05) is 197 Å². The van der Waals surface area contributed by atoms with E-state index < -0.39 is 0 Å². The van der Waals surface area contributed by atoms with E-state index in [-0.39, 0.29) is 37.3 Å². The summed E-state index contributed by atoms with van der Waals surface area (Å²) >= 11 is 0. The summed E-state index contributed by atoms with van der Waals surface area (Å²) < 4.78 is 23.6. The topological polar surface area (TPSA) is 118 Å². The maximum atomic E-state index is 13.7. The van der Waals surface area contributed by atoms with Gasteiger partial charge in [0.25, 0.3) is 0 Å². The van der Waals surface area contributed by atoms with E-state index in [2.05, 4.69) is 65.2 Å². The van der Waals surface area contributed by atoms with Crippen LogP contribution in [-0.4, -0.2) is 136 Å². The number of hydrogen-bond acceptors (Lipinski definition) is 10. The van der Waals surface area contributed by atoms with Gasteiger partial charge in [-0.25, -0.2) is 9.59 Å². The Kier molecular flexibility index (Phi) is 52.8. The molecular weight excluding hydrogens is 941 g/mol. The number of hydrogen-bond donors (Lipinski definition) is 0. The van der Waals surface area contributed by atoms with E-state index in [0.717, 1.165) is 96.8 Å². The lowest BCUT2D eigenvalue weighted by Crippen LogP contribution is -2.39. The molecule has 12 nitrogen and oxygen atoms in total. The van der Waals surface area contributed by atoms with Crippen LogP contribution in [0.1, 0.15) is 280 Å². The molecule has 0 aliphatic heterocycles. The van der Waals surface area contributed by atoms with Crippen molar-refractivity contribution in [3.05, 3.63) is 0 Å². The van der Waals surface area contributed by atoms with E-state index in [1.54, 1.807) is 0 Å². The largest absolute Gasteiger partial charge is 0.465 e. The van der Waals surface area contributed by atoms with E-state index in [1.165, 1.54) is 128 Å². The van der Waals surface area contributed by atoms with Crippen LogP contribution in [-0.2, 0) is 28.5 Å². The van der Waals surface area contributed by atoms with Crippen molar-refractivity contribution < 1.29 is 38.1 Å². The number of ether oxygens (including phenoxy) is 4. The van der Waals surface area contributed by atoms with Gasteiger partial charge in [0.2, 0.25) is 0 Å². The van der Waals surface area contributed by atoms with Crippen LogP contribution in [0.2, 0.25) is 0 Å². The Morgan fingerprint density at radius 3 is 0.960 bits per heavy atom. The molecule has 0 aromatic carbocycles. The summed E-state index contributed by atoms with van der Waals surface area (Å²) in [6, 6.07) is 0. The fourth-order valence-electron chi connectivity index (χ4n) is 9.92. The molecule has 0 spiro atoms. The minimum absolute atomic E-state index is 0.128. The van der Waals surface area contributed by atoms with Crippen molar-refractivity contribution in [2.75, 3.05) is 91.9 Å². The SMILES string of the molecule is CCCCCCCCN(CCCCC(=O)OCC(CCCCC)CCCCC)C(=O)OCCN(CCCN(CC)CC)CCOC(=O)N(CCCCCCCC)CCCCC(=O)OCC(CCCCC)CCCCC. The average Bonchev–Trinajstić information content (AvgIpc) is 3.41. The van der Waals surface area contributed by atoms with E-state index >= 15 is 0 Å². The van der Waals surface area contributed by atoms with Crippen molar-refractivity contribution in [2.45, 2.75) is 280 Å². The van der Waals surface area contributed by atoms with Gasteiger partial charge < -0.3 is 33.6 Å². The fourth-order valence-corrected chi connectivity index (χ4v) is 9.92. The summed E-state index contributed by atoms with van der Waals surface area (Å²) in [6.07, 6.45) is 36.6. The first-order chi connectivity index (χ1) is 36.6. The van der Waals surface area contributed by atoms with E-state index in [4.69, 9.17) is 18.9 Å². The van der Waals surface area contributed by atoms with Crippen LogP contribution < -0.4 is 0 Å². The first-order valence-electron chi connectivity index (χ1n) is 32.2. The Labute approximate surface area is 464 Å². The molecule has 0 fully saturated rings. The quantitative estimate of drug-likeness (QED) is 0.0331. The van der Waals surface area contributed by atoms with Crippen molar-refractivity contribution in [1.29, 1.82) is 0 Å². The van der Waals surface area contributed by atoms with Gasteiger partial charge in [0.05, 0.1) is 13.2 Å². The normalized spacial score (nSPS) is 11.6. The molecule has 0 rings (SSSR count). The van der Waals surface area contributed by atoms with Crippen LogP contribution >= 0.6 is 0 Å². The molecule has 0 heterocycles. The highest BCUT2D eigenvalue weighted by Gasteiger charge is 2.20. The van der Waals surface area contributed by atoms with E-state index in [1.807, 2.05) is 9.80 Å². The predicted molar refractivity (Wildman–Crippen MR) is 315 cm³/mol. The number of carbonyl (C=O) groups is 4. The molecule has 0 saturated carbocycles. The van der Waals surface area contributed by atoms with Crippen molar-refractivity contribution in [2.24, 2.45) is 11.8 Å². The molecule has 0 N–H and O–H groups in total. The van der Waals surface area contributed by atoms with Crippen LogP contribution in [0.5, 0.6) is 0 Å². The monoisotopic (exact) mass is 1060 g/mol. The minimum atomic E-state index is -0.296. The highest BCUT2D eigenvalue weighted by atomic mass is 16.6. The average molecular weight is 1070 g/mol. The summed E-state index contributed by atoms with van der Waals surface area (Å²) in [6.45, 7) is 26.5. The zero-order valence-corrected chi connectivity index (χ0v) is 50.9. The van der Waals surface area contributed by atoms with Crippen molar-refractivity contribution in [3.63, 3.8) is 0 Å². The smallest absolute Gasteiger partial charge is 0.409 e. The van der Waals surface area contributed by atoms with Gasteiger partial charge in [0, 0.05) is 52.1 Å². The number of esters is 2. The Morgan fingerprint density at radius 1 is 0.307 bits per heavy atom. The molecule has 12 heteroatoms. The number of carbonyl (C=O) groups excluding carboxylic acids is 4. The molecule has 0 bridgehead atoms. The molecule has 444 valence electrons. The minimum Gasteiger partial charge on any atom is -0.465 e. The van der Waals surface area contributed by atoms with E-state index in [0.29, 0.717) is 90.0 Å². The van der Waals surface area contributed by atoms with Crippen LogP contribution in [0.15, 0.2) is 0 Å². The lowest BCUT2D eigenvalue weighted by atomic mass is 9.96. The predicted octanol–water partition coefficient (Wildman–Crippen LogP) is 16.6. The third kappa shape index (κ3) is 45.0. The highest BCUT2D eigenvalue weighted by molar-refractivity contribution is 5.70. The summed E-state index contributed by atoms with van der Waals surface area (Å²) in [5.41, 5.74) is 0. The molecule has 0 aromatic rings. The molecule has 0 unspecified atom stereocenters. The highest BCUT2D eigenvalue weighted by Crippen LogP contribution is 2.21. The van der Waals surface area contributed by atoms with Crippen LogP contribution in [0, 0.1) is 11.8 Å². The molecule has 75 heavy (non-hydrogen) atoms. The van der Waals surface area contributed by atoms with Crippen molar-refractivity contribution in [1.82, 2.24) is 19.6 Å². The Hall–Kier alpha value is -2.60. The second-order valence-electron chi connectivity index (χ2n) is 22.0. The molecular formula is C63H124N4O8. The molecule has 0 aliphatic rings. The second kappa shape index (κ2) is 54.7.